The molecule has 1 saturated heterocycles. The van der Waals surface area contributed by atoms with Crippen molar-refractivity contribution in [1.29, 1.82) is 0 Å². The minimum absolute atomic E-state index is 0.0843. The minimum Gasteiger partial charge on any atom is -0.347 e. The standard InChI is InChI=1S/C15H14FIN4O/c1-8-6-11-12-10(13(8)16)3-2-9-7-18-4-5-20(9)14(12)19-15(22)21(11)17/h2-3,6,9,18H,4-5,7H2,1H3. The van der Waals surface area contributed by atoms with Crippen LogP contribution in [-0.2, 0) is 0 Å². The Morgan fingerprint density at radius 1 is 1.50 bits per heavy atom. The Balaban J connectivity index is 2.17. The van der Waals surface area contributed by atoms with Crippen LogP contribution in [0.5, 0.6) is 0 Å². The smallest absolute Gasteiger partial charge is 0.347 e. The van der Waals surface area contributed by atoms with Crippen LogP contribution >= 0.6 is 22.9 Å². The summed E-state index contributed by atoms with van der Waals surface area (Å²) >= 11 is 1.93. The van der Waals surface area contributed by atoms with Crippen molar-refractivity contribution in [3.63, 3.8) is 0 Å². The maximum Gasteiger partial charge on any atom is 0.359 e. The zero-order valence-electron chi connectivity index (χ0n) is 11.9. The molecule has 0 aliphatic carbocycles. The first kappa shape index (κ1) is 14.1. The molecule has 0 bridgehead atoms. The van der Waals surface area contributed by atoms with Crippen LogP contribution in [0.3, 0.4) is 0 Å². The summed E-state index contributed by atoms with van der Waals surface area (Å²) in [5, 5.41) is 4.04. The molecule has 1 fully saturated rings. The maximum absolute atomic E-state index is 14.6. The maximum atomic E-state index is 14.6. The highest BCUT2D eigenvalue weighted by Crippen LogP contribution is 2.35. The zero-order chi connectivity index (χ0) is 15.4. The highest BCUT2D eigenvalue weighted by Gasteiger charge is 2.28. The first-order valence-corrected chi connectivity index (χ1v) is 8.12. The first-order chi connectivity index (χ1) is 10.6. The highest BCUT2D eigenvalue weighted by molar-refractivity contribution is 14.1. The van der Waals surface area contributed by atoms with Crippen molar-refractivity contribution in [2.45, 2.75) is 13.0 Å². The predicted octanol–water partition coefficient (Wildman–Crippen LogP) is 1.85. The third-order valence-corrected chi connectivity index (χ3v) is 5.24. The van der Waals surface area contributed by atoms with Crippen LogP contribution in [0, 0.1) is 12.7 Å². The number of benzene rings is 1. The number of hydrogen-bond acceptors (Lipinski definition) is 4. The summed E-state index contributed by atoms with van der Waals surface area (Å²) in [6.45, 7) is 4.06. The number of aromatic nitrogens is 2. The SMILES string of the molecule is Cc1cc2c3c(nc(=O)n2I)N2CCNCC2C=Cc3c1F. The molecule has 2 aliphatic rings. The third-order valence-electron chi connectivity index (χ3n) is 4.31. The molecule has 1 atom stereocenters. The van der Waals surface area contributed by atoms with Crippen molar-refractivity contribution in [2.75, 3.05) is 24.5 Å². The topological polar surface area (TPSA) is 50.2 Å². The number of aryl methyl sites for hydroxylation is 1. The summed E-state index contributed by atoms with van der Waals surface area (Å²) in [4.78, 5) is 18.6. The molecule has 2 aliphatic heterocycles. The number of nitrogens with one attached hydrogen (secondary N) is 1. The van der Waals surface area contributed by atoms with E-state index in [4.69, 9.17) is 0 Å². The lowest BCUT2D eigenvalue weighted by Crippen LogP contribution is -2.51. The average Bonchev–Trinajstić information content (AvgIpc) is 2.68. The zero-order valence-corrected chi connectivity index (χ0v) is 14.1. The second kappa shape index (κ2) is 5.02. The van der Waals surface area contributed by atoms with E-state index < -0.39 is 0 Å². The van der Waals surface area contributed by atoms with Gasteiger partial charge in [-0.15, -0.1) is 0 Å². The molecular formula is C15H14FIN4O. The lowest BCUT2D eigenvalue weighted by atomic mass is 10.0. The molecule has 0 radical (unpaired) electrons. The van der Waals surface area contributed by atoms with Crippen LogP contribution in [0.2, 0.25) is 0 Å². The van der Waals surface area contributed by atoms with Crippen LogP contribution in [-0.4, -0.2) is 33.4 Å². The Labute approximate surface area is 140 Å². The fraction of sp³-hybridized carbons (Fsp3) is 0.333. The van der Waals surface area contributed by atoms with Gasteiger partial charge < -0.3 is 10.2 Å². The number of rotatable bonds is 0. The largest absolute Gasteiger partial charge is 0.359 e. The van der Waals surface area contributed by atoms with Gasteiger partial charge in [-0.2, -0.15) is 4.98 Å². The first-order valence-electron chi connectivity index (χ1n) is 7.15. The van der Waals surface area contributed by atoms with Crippen molar-refractivity contribution in [3.05, 3.63) is 39.6 Å². The number of fused-ring (bicyclic) bond motifs is 2. The van der Waals surface area contributed by atoms with Crippen molar-refractivity contribution >= 4 is 45.7 Å². The summed E-state index contributed by atoms with van der Waals surface area (Å²) in [6, 6.07) is 1.81. The van der Waals surface area contributed by atoms with Gasteiger partial charge in [-0.3, -0.25) is 0 Å². The molecule has 7 heteroatoms. The molecule has 1 aromatic carbocycles. The number of anilines is 1. The molecule has 3 heterocycles. The second-order valence-electron chi connectivity index (χ2n) is 5.64. The van der Waals surface area contributed by atoms with Crippen LogP contribution in [0.1, 0.15) is 11.1 Å². The van der Waals surface area contributed by atoms with E-state index in [1.807, 2.05) is 35.0 Å². The van der Waals surface area contributed by atoms with E-state index in [2.05, 4.69) is 15.2 Å². The van der Waals surface area contributed by atoms with Gasteiger partial charge in [0, 0.05) is 25.2 Å². The molecule has 1 aromatic heterocycles. The number of nitrogens with zero attached hydrogens (tertiary/aromatic N) is 3. The van der Waals surface area contributed by atoms with Crippen molar-refractivity contribution in [3.8, 4) is 0 Å². The lowest BCUT2D eigenvalue weighted by Gasteiger charge is -2.35. The number of hydrogen-bond donors (Lipinski definition) is 1. The van der Waals surface area contributed by atoms with Gasteiger partial charge in [-0.1, -0.05) is 12.2 Å². The Bertz CT molecular complexity index is 876. The monoisotopic (exact) mass is 412 g/mol. The molecule has 2 aromatic rings. The Kier molecular flexibility index (Phi) is 3.23. The lowest BCUT2D eigenvalue weighted by molar-refractivity contribution is 0.528. The van der Waals surface area contributed by atoms with E-state index in [0.29, 0.717) is 22.5 Å². The molecule has 114 valence electrons. The fourth-order valence-corrected chi connectivity index (χ4v) is 3.70. The van der Waals surface area contributed by atoms with E-state index in [1.165, 1.54) is 2.78 Å². The van der Waals surface area contributed by atoms with Gasteiger partial charge >= 0.3 is 5.69 Å². The van der Waals surface area contributed by atoms with Gasteiger partial charge in [-0.05, 0) is 18.6 Å². The number of piperazine rings is 1. The van der Waals surface area contributed by atoms with Crippen LogP contribution < -0.4 is 15.9 Å². The van der Waals surface area contributed by atoms with Crippen molar-refractivity contribution in [2.24, 2.45) is 0 Å². The van der Waals surface area contributed by atoms with Gasteiger partial charge in [0.05, 0.1) is 39.8 Å². The normalized spacial score (nSPS) is 20.1. The number of halogens is 2. The van der Waals surface area contributed by atoms with Crippen molar-refractivity contribution < 1.29 is 4.39 Å². The summed E-state index contributed by atoms with van der Waals surface area (Å²) in [7, 11) is 0. The molecule has 1 N–H and O–H groups in total. The van der Waals surface area contributed by atoms with Gasteiger partial charge in [0.15, 0.2) is 0 Å². The van der Waals surface area contributed by atoms with Gasteiger partial charge in [0.1, 0.15) is 11.6 Å². The summed E-state index contributed by atoms with van der Waals surface area (Å²) in [6.07, 6.45) is 3.82. The third kappa shape index (κ3) is 1.91. The fourth-order valence-electron chi connectivity index (χ4n) is 3.22. The molecule has 0 saturated carbocycles. The second-order valence-corrected chi connectivity index (χ2v) is 6.60. The average molecular weight is 412 g/mol. The Hall–Kier alpha value is -1.48. The molecule has 5 nitrogen and oxygen atoms in total. The van der Waals surface area contributed by atoms with E-state index in [-0.39, 0.29) is 17.5 Å². The van der Waals surface area contributed by atoms with Gasteiger partial charge in [0.2, 0.25) is 0 Å². The molecule has 1 unspecified atom stereocenters. The molecule has 4 rings (SSSR count). The molecular weight excluding hydrogens is 398 g/mol. The Morgan fingerprint density at radius 2 is 2.32 bits per heavy atom. The van der Waals surface area contributed by atoms with Crippen molar-refractivity contribution in [1.82, 2.24) is 13.1 Å². The molecule has 22 heavy (non-hydrogen) atoms. The minimum atomic E-state index is -0.320. The quantitative estimate of drug-likeness (QED) is 0.672. The Morgan fingerprint density at radius 3 is 3.14 bits per heavy atom. The van der Waals surface area contributed by atoms with E-state index in [1.54, 1.807) is 13.0 Å². The highest BCUT2D eigenvalue weighted by atomic mass is 127. The summed E-state index contributed by atoms with van der Waals surface area (Å²) in [5.74, 6) is 0.355. The molecule has 0 amide bonds. The van der Waals surface area contributed by atoms with Crippen LogP contribution in [0.15, 0.2) is 16.9 Å². The predicted molar refractivity (Wildman–Crippen MR) is 93.2 cm³/mol. The van der Waals surface area contributed by atoms with Gasteiger partial charge in [0.25, 0.3) is 0 Å². The summed E-state index contributed by atoms with van der Waals surface area (Å²) < 4.78 is 16.1. The van der Waals surface area contributed by atoms with E-state index >= 15 is 0 Å². The molecule has 0 spiro atoms. The van der Waals surface area contributed by atoms with Gasteiger partial charge in [-0.25, -0.2) is 12.0 Å². The van der Waals surface area contributed by atoms with E-state index in [0.717, 1.165) is 25.0 Å². The summed E-state index contributed by atoms with van der Waals surface area (Å²) in [5.41, 5.74) is 1.46. The van der Waals surface area contributed by atoms with E-state index in [9.17, 15) is 9.18 Å². The van der Waals surface area contributed by atoms with Crippen LogP contribution in [0.4, 0.5) is 10.2 Å². The van der Waals surface area contributed by atoms with Crippen LogP contribution in [0.25, 0.3) is 17.0 Å².